The molecule has 0 amide bonds. The van der Waals surface area contributed by atoms with Crippen molar-refractivity contribution in [2.45, 2.75) is 60.8 Å². The molecule has 0 spiro atoms. The first kappa shape index (κ1) is 17.0. The minimum absolute atomic E-state index is 0. The van der Waals surface area contributed by atoms with Gasteiger partial charge in [-0.25, -0.2) is 0 Å². The van der Waals surface area contributed by atoms with Crippen molar-refractivity contribution in [3.63, 3.8) is 0 Å². The van der Waals surface area contributed by atoms with Gasteiger partial charge in [-0.2, -0.15) is 12.3 Å². The van der Waals surface area contributed by atoms with Gasteiger partial charge in [-0.15, -0.1) is 0 Å². The summed E-state index contributed by atoms with van der Waals surface area (Å²) in [4.78, 5) is 0. The predicted molar refractivity (Wildman–Crippen MR) is 57.1 cm³/mol. The molecule has 0 fully saturated rings. The fourth-order valence-corrected chi connectivity index (χ4v) is 1.65. The molecule has 74 valence electrons. The van der Waals surface area contributed by atoms with Crippen LogP contribution < -0.4 is 51.4 Å². The van der Waals surface area contributed by atoms with E-state index in [1.54, 1.807) is 0 Å². The van der Waals surface area contributed by atoms with Crippen LogP contribution in [0.4, 0.5) is 0 Å². The molecular formula is C12H25K. The Bertz CT molecular complexity index is 123. The molecule has 1 unspecified atom stereocenters. The Morgan fingerprint density at radius 1 is 1.00 bits per heavy atom. The van der Waals surface area contributed by atoms with Crippen LogP contribution in [0.1, 0.15) is 60.8 Å². The van der Waals surface area contributed by atoms with Crippen molar-refractivity contribution in [1.82, 2.24) is 0 Å². The van der Waals surface area contributed by atoms with E-state index in [0.29, 0.717) is 10.8 Å². The Balaban J connectivity index is 0. The summed E-state index contributed by atoms with van der Waals surface area (Å²) in [5.74, 6) is 0. The van der Waals surface area contributed by atoms with E-state index in [2.05, 4.69) is 48.0 Å². The van der Waals surface area contributed by atoms with Gasteiger partial charge in [-0.05, 0) is 5.41 Å². The first-order valence-electron chi connectivity index (χ1n) is 5.19. The average Bonchev–Trinajstić information content (AvgIpc) is 2.04. The molecule has 0 aromatic heterocycles. The second-order valence-electron chi connectivity index (χ2n) is 4.99. The van der Waals surface area contributed by atoms with E-state index in [1.165, 1.54) is 19.3 Å². The summed E-state index contributed by atoms with van der Waals surface area (Å²) < 4.78 is 0. The third kappa shape index (κ3) is 6.67. The molecule has 0 aliphatic heterocycles. The second kappa shape index (κ2) is 7.00. The van der Waals surface area contributed by atoms with Crippen LogP contribution in [0.5, 0.6) is 0 Å². The fraction of sp³-hybridized carbons (Fsp3) is 0.917. The van der Waals surface area contributed by atoms with E-state index in [-0.39, 0.29) is 51.4 Å². The van der Waals surface area contributed by atoms with E-state index in [4.69, 9.17) is 0 Å². The van der Waals surface area contributed by atoms with Gasteiger partial charge < -0.3 is 6.42 Å². The van der Waals surface area contributed by atoms with Gasteiger partial charge in [0.25, 0.3) is 0 Å². The SMILES string of the molecule is C[CH-]C(C)(CC)CC(C)(C)CC.[K+]. The van der Waals surface area contributed by atoms with Crippen LogP contribution in [0.3, 0.4) is 0 Å². The zero-order valence-electron chi connectivity index (χ0n) is 10.7. The molecule has 0 rings (SSSR count). The first-order valence-corrected chi connectivity index (χ1v) is 5.19. The summed E-state index contributed by atoms with van der Waals surface area (Å²) in [6.07, 6.45) is 6.21. The smallest absolute Gasteiger partial charge is 0.326 e. The number of hydrogen-bond acceptors (Lipinski definition) is 0. The monoisotopic (exact) mass is 208 g/mol. The van der Waals surface area contributed by atoms with Gasteiger partial charge in [0.15, 0.2) is 0 Å². The van der Waals surface area contributed by atoms with Gasteiger partial charge in [-0.3, -0.25) is 0 Å². The summed E-state index contributed by atoms with van der Waals surface area (Å²) in [6, 6.07) is 0. The van der Waals surface area contributed by atoms with Crippen molar-refractivity contribution in [1.29, 1.82) is 0 Å². The molecule has 0 saturated heterocycles. The van der Waals surface area contributed by atoms with Crippen molar-refractivity contribution >= 4 is 0 Å². The molecule has 0 N–H and O–H groups in total. The van der Waals surface area contributed by atoms with Gasteiger partial charge in [0.05, 0.1) is 0 Å². The van der Waals surface area contributed by atoms with E-state index in [9.17, 15) is 0 Å². The van der Waals surface area contributed by atoms with Crippen LogP contribution >= 0.6 is 0 Å². The van der Waals surface area contributed by atoms with Crippen molar-refractivity contribution < 1.29 is 51.4 Å². The zero-order chi connectivity index (χ0) is 9.83. The van der Waals surface area contributed by atoms with Crippen LogP contribution in [0.15, 0.2) is 0 Å². The van der Waals surface area contributed by atoms with Crippen LogP contribution in [0.2, 0.25) is 0 Å². The maximum Gasteiger partial charge on any atom is 1.00 e. The third-order valence-corrected chi connectivity index (χ3v) is 3.34. The Morgan fingerprint density at radius 3 is 1.69 bits per heavy atom. The zero-order valence-corrected chi connectivity index (χ0v) is 13.8. The summed E-state index contributed by atoms with van der Waals surface area (Å²) in [7, 11) is 0. The Hall–Kier alpha value is 1.64. The van der Waals surface area contributed by atoms with Crippen molar-refractivity contribution in [3.8, 4) is 0 Å². The topological polar surface area (TPSA) is 0 Å². The minimum atomic E-state index is 0. The minimum Gasteiger partial charge on any atom is -0.326 e. The summed E-state index contributed by atoms with van der Waals surface area (Å²) in [6.45, 7) is 13.9. The van der Waals surface area contributed by atoms with Crippen LogP contribution in [-0.4, -0.2) is 0 Å². The number of hydrogen-bond donors (Lipinski definition) is 0. The maximum atomic E-state index is 2.37. The standard InChI is InChI=1S/C12H25.K/c1-7-11(4,5)10-12(6,8-2)9-3;/h8H,7,9-10H2,1-6H3;/q-1;+1. The average molecular weight is 208 g/mol. The molecule has 0 aromatic rings. The molecule has 0 saturated carbocycles. The van der Waals surface area contributed by atoms with Gasteiger partial charge in [0.2, 0.25) is 0 Å². The molecule has 0 aromatic carbocycles. The van der Waals surface area contributed by atoms with Gasteiger partial charge in [0.1, 0.15) is 0 Å². The largest absolute Gasteiger partial charge is 1.00 e. The molecule has 0 nitrogen and oxygen atoms in total. The molecular weight excluding hydrogens is 183 g/mol. The molecule has 1 heteroatoms. The van der Waals surface area contributed by atoms with Crippen molar-refractivity contribution in [2.75, 3.05) is 0 Å². The fourth-order valence-electron chi connectivity index (χ4n) is 1.65. The maximum absolute atomic E-state index is 2.37. The summed E-state index contributed by atoms with van der Waals surface area (Å²) in [5.41, 5.74) is 0.941. The predicted octanol–water partition coefficient (Wildman–Crippen LogP) is 1.46. The van der Waals surface area contributed by atoms with E-state index in [1.807, 2.05) is 0 Å². The number of rotatable bonds is 5. The van der Waals surface area contributed by atoms with Gasteiger partial charge in [-0.1, -0.05) is 53.9 Å². The van der Waals surface area contributed by atoms with Crippen LogP contribution in [0.25, 0.3) is 0 Å². The second-order valence-corrected chi connectivity index (χ2v) is 4.99. The van der Waals surface area contributed by atoms with Crippen molar-refractivity contribution in [2.24, 2.45) is 10.8 Å². The van der Waals surface area contributed by atoms with Gasteiger partial charge >= 0.3 is 51.4 Å². The van der Waals surface area contributed by atoms with Crippen LogP contribution in [-0.2, 0) is 0 Å². The molecule has 0 radical (unpaired) electrons. The Kier molecular flexibility index (Phi) is 9.18. The normalized spacial score (nSPS) is 16.2. The quantitative estimate of drug-likeness (QED) is 0.474. The third-order valence-electron chi connectivity index (χ3n) is 3.34. The molecule has 13 heavy (non-hydrogen) atoms. The summed E-state index contributed by atoms with van der Waals surface area (Å²) in [5, 5.41) is 0. The molecule has 0 aliphatic rings. The summed E-state index contributed by atoms with van der Waals surface area (Å²) >= 11 is 0. The first-order chi connectivity index (χ1) is 5.39. The van der Waals surface area contributed by atoms with E-state index < -0.39 is 0 Å². The Labute approximate surface area is 128 Å². The van der Waals surface area contributed by atoms with Crippen LogP contribution in [0, 0.1) is 17.3 Å². The molecule has 1 atom stereocenters. The molecule has 0 heterocycles. The molecule has 0 bridgehead atoms. The van der Waals surface area contributed by atoms with E-state index in [0.717, 1.165) is 0 Å². The van der Waals surface area contributed by atoms with E-state index >= 15 is 0 Å². The Morgan fingerprint density at radius 2 is 1.46 bits per heavy atom. The van der Waals surface area contributed by atoms with Gasteiger partial charge in [0, 0.05) is 0 Å². The molecule has 0 aliphatic carbocycles. The van der Waals surface area contributed by atoms with Crippen molar-refractivity contribution in [3.05, 3.63) is 6.42 Å².